The van der Waals surface area contributed by atoms with Crippen molar-refractivity contribution in [2.24, 2.45) is 0 Å². The summed E-state index contributed by atoms with van der Waals surface area (Å²) in [6.07, 6.45) is 3.07. The van der Waals surface area contributed by atoms with Crippen LogP contribution in [0.2, 0.25) is 0 Å². The molecular formula is C22H23N3O4. The Balaban J connectivity index is 1.72. The predicted molar refractivity (Wildman–Crippen MR) is 111 cm³/mol. The maximum absolute atomic E-state index is 12.3. The van der Waals surface area contributed by atoms with E-state index in [1.807, 2.05) is 30.3 Å². The van der Waals surface area contributed by atoms with Crippen LogP contribution in [0.15, 0.2) is 53.2 Å². The van der Waals surface area contributed by atoms with Crippen molar-refractivity contribution in [2.45, 2.75) is 19.8 Å². The number of benzene rings is 2. The van der Waals surface area contributed by atoms with E-state index in [4.69, 9.17) is 14.1 Å². The highest BCUT2D eigenvalue weighted by Gasteiger charge is 2.14. The van der Waals surface area contributed by atoms with Gasteiger partial charge in [-0.3, -0.25) is 4.79 Å². The standard InChI is InChI=1S/C22H23N3O4/c1-14(2)16-7-9-17(10-8-16)21-22(25-29-24-21)23-20(26)12-6-15-5-11-18(27-3)19(13-15)28-4/h5-14H,1-4H3,(H,23,25,26)/b12-6+. The number of rotatable bonds is 7. The van der Waals surface area contributed by atoms with Gasteiger partial charge >= 0.3 is 0 Å². The number of hydrogen-bond acceptors (Lipinski definition) is 6. The molecule has 0 fully saturated rings. The molecule has 3 rings (SSSR count). The molecule has 1 heterocycles. The van der Waals surface area contributed by atoms with E-state index in [0.717, 1.165) is 11.1 Å². The third-order valence-corrected chi connectivity index (χ3v) is 4.42. The minimum atomic E-state index is -0.351. The Labute approximate surface area is 169 Å². The van der Waals surface area contributed by atoms with Crippen molar-refractivity contribution in [1.82, 2.24) is 10.3 Å². The Kier molecular flexibility index (Phi) is 6.29. The number of amides is 1. The van der Waals surface area contributed by atoms with Gasteiger partial charge in [0.15, 0.2) is 17.2 Å². The molecule has 0 radical (unpaired) electrons. The molecule has 0 atom stereocenters. The van der Waals surface area contributed by atoms with Crippen LogP contribution in [0.5, 0.6) is 11.5 Å². The first-order valence-corrected chi connectivity index (χ1v) is 9.15. The number of ether oxygens (including phenoxy) is 2. The Bertz CT molecular complexity index is 1010. The van der Waals surface area contributed by atoms with E-state index in [1.165, 1.54) is 11.6 Å². The van der Waals surface area contributed by atoms with Crippen molar-refractivity contribution >= 4 is 17.8 Å². The zero-order valence-electron chi connectivity index (χ0n) is 16.8. The molecule has 1 amide bonds. The highest BCUT2D eigenvalue weighted by atomic mass is 16.6. The van der Waals surface area contributed by atoms with Crippen molar-refractivity contribution in [1.29, 1.82) is 0 Å². The van der Waals surface area contributed by atoms with Crippen molar-refractivity contribution in [3.05, 3.63) is 59.7 Å². The summed E-state index contributed by atoms with van der Waals surface area (Å²) in [5.41, 5.74) is 3.30. The summed E-state index contributed by atoms with van der Waals surface area (Å²) in [5, 5.41) is 10.4. The molecule has 3 aromatic rings. The van der Waals surface area contributed by atoms with Crippen LogP contribution in [0.3, 0.4) is 0 Å². The molecule has 0 aliphatic rings. The summed E-state index contributed by atoms with van der Waals surface area (Å²) >= 11 is 0. The Morgan fingerprint density at radius 2 is 1.76 bits per heavy atom. The van der Waals surface area contributed by atoms with Crippen LogP contribution in [0.4, 0.5) is 5.82 Å². The Morgan fingerprint density at radius 3 is 2.41 bits per heavy atom. The third kappa shape index (κ3) is 4.82. The Hall–Kier alpha value is -3.61. The van der Waals surface area contributed by atoms with Gasteiger partial charge in [-0.25, -0.2) is 4.63 Å². The maximum atomic E-state index is 12.3. The number of carbonyl (C=O) groups excluding carboxylic acids is 1. The lowest BCUT2D eigenvalue weighted by molar-refractivity contribution is -0.111. The second-order valence-electron chi connectivity index (χ2n) is 6.68. The Morgan fingerprint density at radius 1 is 1.03 bits per heavy atom. The van der Waals surface area contributed by atoms with E-state index in [9.17, 15) is 4.79 Å². The third-order valence-electron chi connectivity index (χ3n) is 4.42. The number of hydrogen-bond donors (Lipinski definition) is 1. The van der Waals surface area contributed by atoms with Gasteiger partial charge in [-0.2, -0.15) is 0 Å². The summed E-state index contributed by atoms with van der Waals surface area (Å²) in [6.45, 7) is 4.26. The molecule has 7 nitrogen and oxygen atoms in total. The SMILES string of the molecule is COc1ccc(/C=C/C(=O)Nc2nonc2-c2ccc(C(C)C)cc2)cc1OC. The summed E-state index contributed by atoms with van der Waals surface area (Å²) in [6, 6.07) is 13.3. The minimum Gasteiger partial charge on any atom is -0.493 e. The summed E-state index contributed by atoms with van der Waals surface area (Å²) in [4.78, 5) is 12.3. The summed E-state index contributed by atoms with van der Waals surface area (Å²) in [7, 11) is 3.13. The lowest BCUT2D eigenvalue weighted by Gasteiger charge is -2.07. The molecule has 1 aromatic heterocycles. The predicted octanol–water partition coefficient (Wildman–Crippen LogP) is 4.53. The quantitative estimate of drug-likeness (QED) is 0.594. The molecule has 0 saturated heterocycles. The molecule has 0 bridgehead atoms. The number of nitrogens with zero attached hydrogens (tertiary/aromatic N) is 2. The van der Waals surface area contributed by atoms with Crippen LogP contribution in [-0.4, -0.2) is 30.4 Å². The lowest BCUT2D eigenvalue weighted by atomic mass is 10.0. The zero-order chi connectivity index (χ0) is 20.8. The van der Waals surface area contributed by atoms with Gasteiger partial charge < -0.3 is 14.8 Å². The normalized spacial score (nSPS) is 11.1. The van der Waals surface area contributed by atoms with Crippen LogP contribution in [0.1, 0.15) is 30.9 Å². The first-order valence-electron chi connectivity index (χ1n) is 9.15. The fraction of sp³-hybridized carbons (Fsp3) is 0.227. The highest BCUT2D eigenvalue weighted by molar-refractivity contribution is 6.03. The van der Waals surface area contributed by atoms with Crippen LogP contribution in [-0.2, 0) is 4.79 Å². The maximum Gasteiger partial charge on any atom is 0.249 e. The largest absolute Gasteiger partial charge is 0.493 e. The summed E-state index contributed by atoms with van der Waals surface area (Å²) in [5.74, 6) is 1.55. The van der Waals surface area contributed by atoms with Gasteiger partial charge in [0.05, 0.1) is 14.2 Å². The van der Waals surface area contributed by atoms with Gasteiger partial charge in [0.25, 0.3) is 0 Å². The fourth-order valence-corrected chi connectivity index (χ4v) is 2.77. The first-order chi connectivity index (χ1) is 14.0. The molecule has 0 saturated carbocycles. The second kappa shape index (κ2) is 9.05. The first kappa shape index (κ1) is 20.1. The van der Waals surface area contributed by atoms with E-state index < -0.39 is 0 Å². The van der Waals surface area contributed by atoms with Gasteiger partial charge in [-0.05, 0) is 45.6 Å². The van der Waals surface area contributed by atoms with Crippen LogP contribution in [0, 0.1) is 0 Å². The van der Waals surface area contributed by atoms with Crippen LogP contribution >= 0.6 is 0 Å². The van der Waals surface area contributed by atoms with E-state index in [0.29, 0.717) is 23.1 Å². The molecule has 0 spiro atoms. The molecule has 0 aliphatic heterocycles. The lowest BCUT2D eigenvalue weighted by Crippen LogP contribution is -2.09. The van der Waals surface area contributed by atoms with Gasteiger partial charge in [-0.1, -0.05) is 44.2 Å². The van der Waals surface area contributed by atoms with E-state index in [1.54, 1.807) is 32.4 Å². The fourth-order valence-electron chi connectivity index (χ4n) is 2.77. The monoisotopic (exact) mass is 393 g/mol. The smallest absolute Gasteiger partial charge is 0.249 e. The molecule has 1 N–H and O–H groups in total. The molecular weight excluding hydrogens is 370 g/mol. The number of methoxy groups -OCH3 is 2. The van der Waals surface area contributed by atoms with Crippen molar-refractivity contribution < 1.29 is 18.9 Å². The van der Waals surface area contributed by atoms with E-state index >= 15 is 0 Å². The highest BCUT2D eigenvalue weighted by Crippen LogP contribution is 2.28. The molecule has 0 unspecified atom stereocenters. The molecule has 150 valence electrons. The number of carbonyl (C=O) groups is 1. The number of aromatic nitrogens is 2. The van der Waals surface area contributed by atoms with Crippen LogP contribution in [0.25, 0.3) is 17.3 Å². The summed E-state index contributed by atoms with van der Waals surface area (Å²) < 4.78 is 15.3. The molecule has 29 heavy (non-hydrogen) atoms. The molecule has 7 heteroatoms. The van der Waals surface area contributed by atoms with Crippen molar-refractivity contribution in [3.8, 4) is 22.8 Å². The zero-order valence-corrected chi connectivity index (χ0v) is 16.8. The molecule has 0 aliphatic carbocycles. The topological polar surface area (TPSA) is 86.5 Å². The van der Waals surface area contributed by atoms with Gasteiger partial charge in [0.2, 0.25) is 11.7 Å². The second-order valence-corrected chi connectivity index (χ2v) is 6.68. The minimum absolute atomic E-state index is 0.268. The van der Waals surface area contributed by atoms with Crippen molar-refractivity contribution in [3.63, 3.8) is 0 Å². The average molecular weight is 393 g/mol. The van der Waals surface area contributed by atoms with Crippen molar-refractivity contribution in [2.75, 3.05) is 19.5 Å². The van der Waals surface area contributed by atoms with Crippen LogP contribution < -0.4 is 14.8 Å². The van der Waals surface area contributed by atoms with Gasteiger partial charge in [0.1, 0.15) is 0 Å². The van der Waals surface area contributed by atoms with E-state index in [2.05, 4.69) is 29.5 Å². The molecule has 2 aromatic carbocycles. The number of anilines is 1. The average Bonchev–Trinajstić information content (AvgIpc) is 3.20. The van der Waals surface area contributed by atoms with Gasteiger partial charge in [0, 0.05) is 11.6 Å². The van der Waals surface area contributed by atoms with E-state index in [-0.39, 0.29) is 11.7 Å². The van der Waals surface area contributed by atoms with Gasteiger partial charge in [-0.15, -0.1) is 0 Å². The number of nitrogens with one attached hydrogen (secondary N) is 1.